The first-order chi connectivity index (χ1) is 29.8. The number of alkyl halides is 8. The van der Waals surface area contributed by atoms with Crippen molar-refractivity contribution in [3.8, 4) is 0 Å². The van der Waals surface area contributed by atoms with Gasteiger partial charge >= 0.3 is 23.7 Å². The van der Waals surface area contributed by atoms with Crippen LogP contribution in [0.15, 0.2) is 188 Å². The van der Waals surface area contributed by atoms with Crippen LogP contribution in [-0.4, -0.2) is 11.8 Å². The molecule has 10 aromatic rings. The zero-order valence-corrected chi connectivity index (χ0v) is 31.7. The summed E-state index contributed by atoms with van der Waals surface area (Å²) in [6, 6.07) is 42.7. The van der Waals surface area contributed by atoms with Crippen molar-refractivity contribution < 1.29 is 52.8 Å². The molecule has 0 radical (unpaired) electrons. The molecule has 0 saturated carbocycles. The Kier molecular flexibility index (Phi) is 8.77. The second kappa shape index (κ2) is 14.0. The lowest BCUT2D eigenvalue weighted by atomic mass is 9.95. The van der Waals surface area contributed by atoms with Crippen molar-refractivity contribution in [1.29, 1.82) is 0 Å². The molecule has 62 heavy (non-hydrogen) atoms. The van der Waals surface area contributed by atoms with E-state index < -0.39 is 47.0 Å². The maximum Gasteiger partial charge on any atom is 0.386 e. The van der Waals surface area contributed by atoms with Crippen molar-refractivity contribution in [2.24, 2.45) is 0 Å². The summed E-state index contributed by atoms with van der Waals surface area (Å²) in [5, 5.41) is 3.64. The molecule has 6 nitrogen and oxygen atoms in total. The van der Waals surface area contributed by atoms with E-state index in [4.69, 9.17) is 17.7 Å². The number of hydrogen-bond acceptors (Lipinski definition) is 6. The molecule has 6 aromatic carbocycles. The van der Waals surface area contributed by atoms with E-state index in [1.165, 1.54) is 21.9 Å². The van der Waals surface area contributed by atoms with Crippen LogP contribution in [-0.2, 0) is 11.8 Å². The fourth-order valence-corrected chi connectivity index (χ4v) is 7.59. The van der Waals surface area contributed by atoms with Crippen molar-refractivity contribution in [2.45, 2.75) is 23.7 Å². The largest absolute Gasteiger partial charge is 0.440 e. The van der Waals surface area contributed by atoms with Crippen molar-refractivity contribution in [2.75, 3.05) is 9.80 Å². The molecule has 0 fully saturated rings. The highest BCUT2D eigenvalue weighted by molar-refractivity contribution is 6.00. The molecule has 0 amide bonds. The van der Waals surface area contributed by atoms with Gasteiger partial charge in [0.1, 0.15) is 11.2 Å². The first-order valence-electron chi connectivity index (χ1n) is 19.0. The van der Waals surface area contributed by atoms with Gasteiger partial charge in [0.05, 0.1) is 11.4 Å². The number of nitrogens with zero attached hydrogens (tertiary/aromatic N) is 2. The molecule has 14 heteroatoms. The van der Waals surface area contributed by atoms with Crippen LogP contribution in [0.1, 0.15) is 11.5 Å². The van der Waals surface area contributed by atoms with E-state index in [1.54, 1.807) is 133 Å². The van der Waals surface area contributed by atoms with Gasteiger partial charge in [0.2, 0.25) is 23.5 Å². The highest BCUT2D eigenvalue weighted by Crippen LogP contribution is 2.60. The number of benzene rings is 6. The molecule has 4 heterocycles. The summed E-state index contributed by atoms with van der Waals surface area (Å²) in [6.07, 6.45) is 0. The SMILES string of the molecule is FC(F)(c1ccc(N(c2cc3ccccc3o2)c2cccc3ccccc23)o1)C(F)(F)C(F)(F)C(F)(F)c1ccc(N(c2cc3ccccc3o2)c2cccc3ccccc23)o1. The van der Waals surface area contributed by atoms with Crippen LogP contribution in [0.5, 0.6) is 0 Å². The molecule has 0 N–H and O–H groups in total. The van der Waals surface area contributed by atoms with E-state index in [9.17, 15) is 0 Å². The predicted molar refractivity (Wildman–Crippen MR) is 219 cm³/mol. The molecule has 10 rings (SSSR count). The number of rotatable bonds is 11. The zero-order chi connectivity index (χ0) is 43.0. The molecule has 0 aliphatic heterocycles. The Hall–Kier alpha value is -7.48. The fraction of sp³-hybridized carbons (Fsp3) is 0.0833. The van der Waals surface area contributed by atoms with Crippen LogP contribution in [0.2, 0.25) is 0 Å². The number of halogens is 8. The number of fused-ring (bicyclic) bond motifs is 4. The summed E-state index contributed by atoms with van der Waals surface area (Å²) in [4.78, 5) is 2.39. The molecule has 0 unspecified atom stereocenters. The monoisotopic (exact) mass is 848 g/mol. The minimum absolute atomic E-state index is 0.00999. The van der Waals surface area contributed by atoms with Gasteiger partial charge in [-0.05, 0) is 47.2 Å². The molecule has 4 aromatic heterocycles. The minimum atomic E-state index is -6.77. The second-order valence-electron chi connectivity index (χ2n) is 14.5. The quantitative estimate of drug-likeness (QED) is 0.121. The second-order valence-corrected chi connectivity index (χ2v) is 14.5. The number of anilines is 6. The Balaban J connectivity index is 1.03. The number of hydrogen-bond donors (Lipinski definition) is 0. The first kappa shape index (κ1) is 38.7. The van der Waals surface area contributed by atoms with Crippen LogP contribution in [0, 0.1) is 0 Å². The average Bonchev–Trinajstić information content (AvgIpc) is 4.11. The fourth-order valence-electron chi connectivity index (χ4n) is 7.59. The third kappa shape index (κ3) is 5.91. The van der Waals surface area contributed by atoms with Gasteiger partial charge in [-0.25, -0.2) is 9.80 Å². The summed E-state index contributed by atoms with van der Waals surface area (Å²) < 4.78 is 150. The highest BCUT2D eigenvalue weighted by Gasteiger charge is 2.83. The van der Waals surface area contributed by atoms with E-state index in [-0.39, 0.29) is 23.1 Å². The van der Waals surface area contributed by atoms with Gasteiger partial charge in [0.15, 0.2) is 11.5 Å². The summed E-state index contributed by atoms with van der Waals surface area (Å²) in [7, 11) is 0. The van der Waals surface area contributed by atoms with E-state index in [0.29, 0.717) is 55.6 Å². The average molecular weight is 849 g/mol. The standard InChI is InChI=1S/C48H28F8N2O4/c49-45(50,39-23-25-41(61-39)57(43-27-31-13-3-7-21-37(31)59-43)35-19-9-15-29-11-1-5-17-33(29)35)47(53,54)48(55,56)46(51,52)40-24-26-42(62-40)58(44-28-32-14-4-8-22-38(32)60-44)36-20-10-16-30-12-2-6-18-34(30)36/h1-28H. The number of para-hydroxylation sites is 2. The first-order valence-corrected chi connectivity index (χ1v) is 19.0. The predicted octanol–water partition coefficient (Wildman–Crippen LogP) is 15.8. The summed E-state index contributed by atoms with van der Waals surface area (Å²) >= 11 is 0. The van der Waals surface area contributed by atoms with Crippen molar-refractivity contribution in [3.05, 3.63) is 181 Å². The zero-order valence-electron chi connectivity index (χ0n) is 31.7. The van der Waals surface area contributed by atoms with Crippen molar-refractivity contribution in [1.82, 2.24) is 0 Å². The normalized spacial score (nSPS) is 12.8. The highest BCUT2D eigenvalue weighted by atomic mass is 19.4. The van der Waals surface area contributed by atoms with Crippen LogP contribution in [0.25, 0.3) is 43.5 Å². The third-order valence-corrected chi connectivity index (χ3v) is 10.7. The van der Waals surface area contributed by atoms with Crippen molar-refractivity contribution >= 4 is 78.4 Å². The van der Waals surface area contributed by atoms with Crippen LogP contribution in [0.4, 0.5) is 70.0 Å². The van der Waals surface area contributed by atoms with Crippen LogP contribution < -0.4 is 9.80 Å². The van der Waals surface area contributed by atoms with E-state index >= 15 is 35.1 Å². The topological polar surface area (TPSA) is 59.0 Å². The Morgan fingerprint density at radius 1 is 0.323 bits per heavy atom. The van der Waals surface area contributed by atoms with E-state index in [0.717, 1.165) is 12.1 Å². The molecule has 0 spiro atoms. The van der Waals surface area contributed by atoms with Crippen molar-refractivity contribution in [3.63, 3.8) is 0 Å². The Labute approximate surface area is 345 Å². The maximum atomic E-state index is 16.1. The lowest BCUT2D eigenvalue weighted by Crippen LogP contribution is -2.59. The van der Waals surface area contributed by atoms with E-state index in [2.05, 4.69) is 0 Å². The molecule has 0 aliphatic rings. The van der Waals surface area contributed by atoms with Crippen LogP contribution in [0.3, 0.4) is 0 Å². The summed E-state index contributed by atoms with van der Waals surface area (Å²) in [5.41, 5.74) is 1.31. The van der Waals surface area contributed by atoms with Gasteiger partial charge in [0, 0.05) is 45.8 Å². The third-order valence-electron chi connectivity index (χ3n) is 10.7. The van der Waals surface area contributed by atoms with Gasteiger partial charge in [-0.15, -0.1) is 0 Å². The molecule has 310 valence electrons. The number of furan rings is 4. The smallest absolute Gasteiger partial charge is 0.386 e. The molecule has 0 saturated heterocycles. The maximum absolute atomic E-state index is 16.1. The Morgan fingerprint density at radius 3 is 1.08 bits per heavy atom. The van der Waals surface area contributed by atoms with Gasteiger partial charge in [0.25, 0.3) is 0 Å². The van der Waals surface area contributed by atoms with Gasteiger partial charge in [-0.2, -0.15) is 35.1 Å². The lowest BCUT2D eigenvalue weighted by molar-refractivity contribution is -0.380. The minimum Gasteiger partial charge on any atom is -0.440 e. The Morgan fingerprint density at radius 2 is 0.677 bits per heavy atom. The summed E-state index contributed by atoms with van der Waals surface area (Å²) in [5.74, 6) is -30.8. The molecule has 0 atom stereocenters. The molecular formula is C48H28F8N2O4. The van der Waals surface area contributed by atoms with Gasteiger partial charge < -0.3 is 17.7 Å². The molecule has 0 aliphatic carbocycles. The Bertz CT molecular complexity index is 2980. The van der Waals surface area contributed by atoms with Gasteiger partial charge in [-0.1, -0.05) is 109 Å². The summed E-state index contributed by atoms with van der Waals surface area (Å²) in [6.45, 7) is 0. The van der Waals surface area contributed by atoms with E-state index in [1.807, 2.05) is 0 Å². The van der Waals surface area contributed by atoms with Gasteiger partial charge in [-0.3, -0.25) is 0 Å². The van der Waals surface area contributed by atoms with Crippen LogP contribution >= 0.6 is 0 Å². The lowest BCUT2D eigenvalue weighted by Gasteiger charge is -2.35. The molecular weight excluding hydrogens is 821 g/mol. The molecule has 0 bridgehead atoms.